The van der Waals surface area contributed by atoms with Gasteiger partial charge in [-0.15, -0.1) is 0 Å². The van der Waals surface area contributed by atoms with E-state index in [9.17, 15) is 19.8 Å². The van der Waals surface area contributed by atoms with Gasteiger partial charge in [-0.25, -0.2) is 0 Å². The number of carbonyl (C=O) groups excluding carboxylic acids is 2. The number of fused-ring (bicyclic) bond motifs is 3. The molecule has 4 aliphatic carbocycles. The summed E-state index contributed by atoms with van der Waals surface area (Å²) in [7, 11) is 0. The molecule has 5 nitrogen and oxygen atoms in total. The van der Waals surface area contributed by atoms with E-state index in [0.717, 1.165) is 18.4 Å². The van der Waals surface area contributed by atoms with Crippen molar-refractivity contribution in [2.45, 2.75) is 64.3 Å². The number of allylic oxidation sites excluding steroid dienone is 2. The van der Waals surface area contributed by atoms with E-state index < -0.39 is 23.4 Å². The average Bonchev–Trinajstić information content (AvgIpc) is 3.34. The van der Waals surface area contributed by atoms with Crippen molar-refractivity contribution in [1.82, 2.24) is 0 Å². The van der Waals surface area contributed by atoms with Gasteiger partial charge in [-0.2, -0.15) is 0 Å². The molecular weight excluding hydrogens is 356 g/mol. The van der Waals surface area contributed by atoms with Gasteiger partial charge in [0.15, 0.2) is 11.6 Å². The van der Waals surface area contributed by atoms with E-state index in [4.69, 9.17) is 4.74 Å². The number of aliphatic hydroxyl groups is 2. The summed E-state index contributed by atoms with van der Waals surface area (Å²) in [6.45, 7) is 7.71. The summed E-state index contributed by atoms with van der Waals surface area (Å²) in [5.74, 6) is 0.00343. The van der Waals surface area contributed by atoms with Crippen molar-refractivity contribution in [2.75, 3.05) is 6.61 Å². The van der Waals surface area contributed by atoms with Gasteiger partial charge in [-0.1, -0.05) is 32.4 Å². The molecule has 5 rings (SSSR count). The standard InChI is InChI=1S/C23H30O5/c1-12-7-17-16-8-13(2)22(27,18(26)11-24)21(16,4)10-19-23(17,28-19)20(3)6-5-14(25)9-15(12)20/h5-6,9,12-13,16-17,19,24,27H,7-8,10-11H2,1-4H3/t12-,13+,16-,17-,19-,20-,21-,22-,23+/m0/s1. The van der Waals surface area contributed by atoms with E-state index in [-0.39, 0.29) is 46.6 Å². The molecule has 4 fully saturated rings. The maximum atomic E-state index is 12.7. The number of ketones is 2. The quantitative estimate of drug-likeness (QED) is 0.711. The minimum atomic E-state index is -1.51. The van der Waals surface area contributed by atoms with Crippen LogP contribution in [0, 0.1) is 34.5 Å². The fourth-order valence-corrected chi connectivity index (χ4v) is 8.09. The van der Waals surface area contributed by atoms with Crippen molar-refractivity contribution in [3.05, 3.63) is 23.8 Å². The van der Waals surface area contributed by atoms with Crippen molar-refractivity contribution in [3.63, 3.8) is 0 Å². The van der Waals surface area contributed by atoms with Gasteiger partial charge in [0.2, 0.25) is 0 Å². The van der Waals surface area contributed by atoms with E-state index in [1.54, 1.807) is 12.2 Å². The first-order chi connectivity index (χ1) is 13.1. The number of ether oxygens (including phenoxy) is 1. The first-order valence-corrected chi connectivity index (χ1v) is 10.6. The second-order valence-corrected chi connectivity index (χ2v) is 10.4. The van der Waals surface area contributed by atoms with Gasteiger partial charge in [-0.05, 0) is 62.0 Å². The second kappa shape index (κ2) is 5.24. The molecule has 0 bridgehead atoms. The topological polar surface area (TPSA) is 87.1 Å². The number of carbonyl (C=O) groups is 2. The highest BCUT2D eigenvalue weighted by atomic mass is 16.6. The van der Waals surface area contributed by atoms with Crippen LogP contribution in [0.4, 0.5) is 0 Å². The molecule has 1 aliphatic heterocycles. The smallest absolute Gasteiger partial charge is 0.190 e. The van der Waals surface area contributed by atoms with E-state index in [1.807, 2.05) is 19.9 Å². The number of aliphatic hydroxyl groups excluding tert-OH is 1. The Labute approximate surface area is 165 Å². The highest BCUT2D eigenvalue weighted by molar-refractivity contribution is 6.01. The molecule has 3 saturated carbocycles. The van der Waals surface area contributed by atoms with Crippen molar-refractivity contribution >= 4 is 11.6 Å². The molecule has 2 N–H and O–H groups in total. The van der Waals surface area contributed by atoms with Gasteiger partial charge < -0.3 is 14.9 Å². The fourth-order valence-electron chi connectivity index (χ4n) is 8.09. The third-order valence-corrected chi connectivity index (χ3v) is 9.41. The number of rotatable bonds is 2. The third-order valence-electron chi connectivity index (χ3n) is 9.41. The maximum Gasteiger partial charge on any atom is 0.190 e. The zero-order chi connectivity index (χ0) is 20.3. The van der Waals surface area contributed by atoms with Gasteiger partial charge in [0.05, 0.1) is 6.10 Å². The fraction of sp³-hybridized carbons (Fsp3) is 0.739. The van der Waals surface area contributed by atoms with E-state index in [0.29, 0.717) is 6.42 Å². The van der Waals surface area contributed by atoms with Crippen LogP contribution in [0.15, 0.2) is 23.8 Å². The molecule has 0 aromatic rings. The van der Waals surface area contributed by atoms with Crippen LogP contribution in [-0.4, -0.2) is 45.7 Å². The molecule has 0 amide bonds. The van der Waals surface area contributed by atoms with E-state index in [1.165, 1.54) is 0 Å². The van der Waals surface area contributed by atoms with Gasteiger partial charge >= 0.3 is 0 Å². The van der Waals surface area contributed by atoms with Crippen LogP contribution in [0.3, 0.4) is 0 Å². The molecule has 0 radical (unpaired) electrons. The van der Waals surface area contributed by atoms with Gasteiger partial charge in [-0.3, -0.25) is 9.59 Å². The Hall–Kier alpha value is -1.30. The second-order valence-electron chi connectivity index (χ2n) is 10.4. The summed E-state index contributed by atoms with van der Waals surface area (Å²) in [5.41, 5.74) is -1.62. The van der Waals surface area contributed by atoms with Crippen molar-refractivity contribution in [3.8, 4) is 0 Å². The van der Waals surface area contributed by atoms with Crippen LogP contribution in [0.1, 0.15) is 47.0 Å². The molecule has 1 spiro atoms. The molecule has 28 heavy (non-hydrogen) atoms. The van der Waals surface area contributed by atoms with Crippen molar-refractivity contribution in [2.24, 2.45) is 34.5 Å². The summed E-state index contributed by atoms with van der Waals surface area (Å²) in [6.07, 6.45) is 7.73. The van der Waals surface area contributed by atoms with Crippen LogP contribution >= 0.6 is 0 Å². The van der Waals surface area contributed by atoms with Crippen LogP contribution in [0.25, 0.3) is 0 Å². The predicted octanol–water partition coefficient (Wildman–Crippen LogP) is 2.21. The molecule has 5 heteroatoms. The Morgan fingerprint density at radius 3 is 2.64 bits per heavy atom. The first kappa shape index (κ1) is 18.7. The minimum absolute atomic E-state index is 0.0409. The Morgan fingerprint density at radius 2 is 1.96 bits per heavy atom. The van der Waals surface area contributed by atoms with Crippen LogP contribution in [-0.2, 0) is 14.3 Å². The summed E-state index contributed by atoms with van der Waals surface area (Å²) >= 11 is 0. The Balaban J connectivity index is 1.63. The van der Waals surface area contributed by atoms with Crippen LogP contribution < -0.4 is 0 Å². The molecule has 0 aromatic carbocycles. The lowest BCUT2D eigenvalue weighted by molar-refractivity contribution is -0.166. The Kier molecular flexibility index (Phi) is 3.50. The molecule has 9 atom stereocenters. The molecule has 152 valence electrons. The zero-order valence-corrected chi connectivity index (χ0v) is 17.1. The van der Waals surface area contributed by atoms with Crippen LogP contribution in [0.2, 0.25) is 0 Å². The molecule has 5 aliphatic rings. The highest BCUT2D eigenvalue weighted by Gasteiger charge is 2.82. The number of hydrogen-bond acceptors (Lipinski definition) is 5. The number of epoxide rings is 1. The SMILES string of the molecule is C[C@@H]1C[C@H]2[C@@H]3C[C@H](C)C4=CC(=O)C=C[C@]4(C)[C@@]34O[C@H]4C[C@]2(C)[C@@]1(O)C(=O)CO. The lowest BCUT2D eigenvalue weighted by atomic mass is 9.45. The number of Topliss-reactive ketones (excluding diaryl/α,β-unsaturated/α-hetero) is 1. The van der Waals surface area contributed by atoms with E-state index in [2.05, 4.69) is 13.8 Å². The van der Waals surface area contributed by atoms with Gasteiger partial charge in [0.25, 0.3) is 0 Å². The normalized spacial score (nSPS) is 56.3. The summed E-state index contributed by atoms with van der Waals surface area (Å²) in [6, 6.07) is 0. The molecular formula is C23H30O5. The highest BCUT2D eigenvalue weighted by Crippen LogP contribution is 2.77. The van der Waals surface area contributed by atoms with Crippen molar-refractivity contribution in [1.29, 1.82) is 0 Å². The Morgan fingerprint density at radius 1 is 1.25 bits per heavy atom. The number of hydrogen-bond donors (Lipinski definition) is 2. The van der Waals surface area contributed by atoms with Gasteiger partial charge in [0.1, 0.15) is 17.8 Å². The molecule has 0 aromatic heterocycles. The lowest BCUT2D eigenvalue weighted by Crippen LogP contribution is -2.63. The zero-order valence-electron chi connectivity index (χ0n) is 17.1. The first-order valence-electron chi connectivity index (χ1n) is 10.6. The monoisotopic (exact) mass is 386 g/mol. The lowest BCUT2D eigenvalue weighted by Gasteiger charge is -2.57. The molecule has 1 saturated heterocycles. The molecule has 0 unspecified atom stereocenters. The summed E-state index contributed by atoms with van der Waals surface area (Å²) in [4.78, 5) is 24.7. The van der Waals surface area contributed by atoms with Crippen molar-refractivity contribution < 1.29 is 24.5 Å². The summed E-state index contributed by atoms with van der Waals surface area (Å²) in [5, 5.41) is 21.1. The largest absolute Gasteiger partial charge is 0.388 e. The predicted molar refractivity (Wildman–Crippen MR) is 102 cm³/mol. The third kappa shape index (κ3) is 1.76. The minimum Gasteiger partial charge on any atom is -0.388 e. The molecule has 1 heterocycles. The maximum absolute atomic E-state index is 12.7. The summed E-state index contributed by atoms with van der Waals surface area (Å²) < 4.78 is 6.48. The van der Waals surface area contributed by atoms with Crippen LogP contribution in [0.5, 0.6) is 0 Å². The van der Waals surface area contributed by atoms with Gasteiger partial charge in [0, 0.05) is 10.8 Å². The van der Waals surface area contributed by atoms with E-state index >= 15 is 0 Å². The average molecular weight is 386 g/mol. The Bertz CT molecular complexity index is 844.